The number of fused-ring (bicyclic) bond motifs is 1. The van der Waals surface area contributed by atoms with Gasteiger partial charge < -0.3 is 29.5 Å². The van der Waals surface area contributed by atoms with Gasteiger partial charge in [0.1, 0.15) is 31.0 Å². The molecule has 7 nitrogen and oxygen atoms in total. The highest BCUT2D eigenvalue weighted by Gasteiger charge is 2.53. The van der Waals surface area contributed by atoms with Crippen molar-refractivity contribution in [1.29, 1.82) is 0 Å². The Bertz CT molecular complexity index is 788. The average Bonchev–Trinajstić information content (AvgIpc) is 2.78. The van der Waals surface area contributed by atoms with Gasteiger partial charge in [-0.15, -0.1) is 0 Å². The van der Waals surface area contributed by atoms with Crippen LogP contribution in [0.5, 0.6) is 0 Å². The van der Waals surface area contributed by atoms with E-state index in [0.29, 0.717) is 17.8 Å². The van der Waals surface area contributed by atoms with Crippen LogP contribution in [0.4, 0.5) is 0 Å². The third-order valence-electron chi connectivity index (χ3n) is 8.45. The van der Waals surface area contributed by atoms with E-state index in [0.717, 1.165) is 38.5 Å². The summed E-state index contributed by atoms with van der Waals surface area (Å²) in [5, 5.41) is 31.5. The predicted molar refractivity (Wildman–Crippen MR) is 133 cm³/mol. The molecule has 10 atom stereocenters. The minimum Gasteiger partial charge on any atom is -0.463 e. The van der Waals surface area contributed by atoms with Crippen LogP contribution in [-0.4, -0.2) is 64.2 Å². The van der Waals surface area contributed by atoms with Crippen molar-refractivity contribution in [3.8, 4) is 0 Å². The first-order chi connectivity index (χ1) is 16.4. The third-order valence-corrected chi connectivity index (χ3v) is 8.45. The van der Waals surface area contributed by atoms with Crippen LogP contribution in [0.1, 0.15) is 80.1 Å². The summed E-state index contributed by atoms with van der Waals surface area (Å²) in [6, 6.07) is 0. The molecule has 3 aliphatic rings. The number of aliphatic hydroxyl groups excluding tert-OH is 3. The Hall–Kier alpha value is -1.25. The SMILES string of the molecule is CC(=O)OC[C@H]1O[C@@H](O[C@@]2(C)CC[C@@H]([C@H](C)CCC=C(C)C)[C@@H]3C=C(C)CC[C@@H]32)[C@H](O)[C@@H](O)[C@H]1O. The number of esters is 1. The highest BCUT2D eigenvalue weighted by Crippen LogP contribution is 2.52. The van der Waals surface area contributed by atoms with Crippen molar-refractivity contribution in [2.75, 3.05) is 6.61 Å². The van der Waals surface area contributed by atoms with E-state index in [4.69, 9.17) is 14.2 Å². The van der Waals surface area contributed by atoms with E-state index in [2.05, 4.69) is 46.8 Å². The van der Waals surface area contributed by atoms with E-state index < -0.39 is 42.3 Å². The summed E-state index contributed by atoms with van der Waals surface area (Å²) in [6.45, 7) is 12.0. The zero-order chi connectivity index (χ0) is 25.9. The maximum absolute atomic E-state index is 11.2. The summed E-state index contributed by atoms with van der Waals surface area (Å²) >= 11 is 0. The largest absolute Gasteiger partial charge is 0.463 e. The van der Waals surface area contributed by atoms with Gasteiger partial charge in [-0.2, -0.15) is 0 Å². The molecule has 0 aromatic rings. The summed E-state index contributed by atoms with van der Waals surface area (Å²) in [5.74, 6) is 1.31. The smallest absolute Gasteiger partial charge is 0.302 e. The first-order valence-corrected chi connectivity index (χ1v) is 13.2. The molecule has 0 aromatic heterocycles. The Balaban J connectivity index is 1.76. The molecular formula is C28H46O7. The van der Waals surface area contributed by atoms with Crippen LogP contribution < -0.4 is 0 Å². The molecule has 0 amide bonds. The highest BCUT2D eigenvalue weighted by atomic mass is 16.7. The van der Waals surface area contributed by atoms with Crippen molar-refractivity contribution in [1.82, 2.24) is 0 Å². The molecular weight excluding hydrogens is 448 g/mol. The standard InChI is InChI=1S/C28H46O7/c1-16(2)8-7-9-18(4)20-12-13-28(6,22-11-10-17(3)14-21(20)22)35-27-26(32)25(31)24(30)23(34-27)15-33-19(5)29/h8,14,18,20-27,30-32H,7,9-13,15H2,1-6H3/t18-,20+,21+,22+,23-,24+,25+,26-,27+,28+/m1/s1. The van der Waals surface area contributed by atoms with Gasteiger partial charge >= 0.3 is 5.97 Å². The molecule has 3 N–H and O–H groups in total. The molecule has 0 spiro atoms. The number of allylic oxidation sites excluding steroid dienone is 4. The molecule has 1 saturated heterocycles. The van der Waals surface area contributed by atoms with Gasteiger partial charge in [-0.05, 0) is 89.9 Å². The lowest BCUT2D eigenvalue weighted by Gasteiger charge is -2.54. The number of hydrogen-bond donors (Lipinski definition) is 3. The maximum Gasteiger partial charge on any atom is 0.302 e. The Morgan fingerprint density at radius 1 is 1.20 bits per heavy atom. The fraction of sp³-hybridized carbons (Fsp3) is 0.821. The number of aliphatic hydroxyl groups is 3. The predicted octanol–water partition coefficient (Wildman–Crippen LogP) is 3.90. The molecule has 200 valence electrons. The second-order valence-electron chi connectivity index (χ2n) is 11.5. The fourth-order valence-electron chi connectivity index (χ4n) is 6.34. The van der Waals surface area contributed by atoms with Crippen LogP contribution in [0.15, 0.2) is 23.3 Å². The highest BCUT2D eigenvalue weighted by molar-refractivity contribution is 5.65. The van der Waals surface area contributed by atoms with Gasteiger partial charge in [-0.3, -0.25) is 4.79 Å². The van der Waals surface area contributed by atoms with Gasteiger partial charge in [-0.1, -0.05) is 30.2 Å². The van der Waals surface area contributed by atoms with E-state index in [1.165, 1.54) is 18.1 Å². The normalized spacial score (nSPS) is 40.3. The molecule has 2 aliphatic carbocycles. The minimum absolute atomic E-state index is 0.212. The van der Waals surface area contributed by atoms with E-state index in [1.807, 2.05) is 0 Å². The molecule has 7 heteroatoms. The number of carbonyl (C=O) groups excluding carboxylic acids is 1. The van der Waals surface area contributed by atoms with E-state index >= 15 is 0 Å². The molecule has 1 saturated carbocycles. The van der Waals surface area contributed by atoms with E-state index in [-0.39, 0.29) is 12.5 Å². The van der Waals surface area contributed by atoms with E-state index in [9.17, 15) is 20.1 Å². The van der Waals surface area contributed by atoms with Gasteiger partial charge in [0.25, 0.3) is 0 Å². The number of carbonyl (C=O) groups is 1. The zero-order valence-electron chi connectivity index (χ0n) is 22.3. The Morgan fingerprint density at radius 3 is 2.57 bits per heavy atom. The number of hydrogen-bond acceptors (Lipinski definition) is 7. The van der Waals surface area contributed by atoms with Gasteiger partial charge in [0.15, 0.2) is 6.29 Å². The second-order valence-corrected chi connectivity index (χ2v) is 11.5. The lowest BCUT2D eigenvalue weighted by Crippen LogP contribution is -2.62. The summed E-state index contributed by atoms with van der Waals surface area (Å²) in [6.07, 6.45) is 4.59. The fourth-order valence-corrected chi connectivity index (χ4v) is 6.34. The zero-order valence-corrected chi connectivity index (χ0v) is 22.3. The van der Waals surface area contributed by atoms with Crippen molar-refractivity contribution < 1.29 is 34.3 Å². The molecule has 0 bridgehead atoms. The van der Waals surface area contributed by atoms with Crippen LogP contribution >= 0.6 is 0 Å². The van der Waals surface area contributed by atoms with Crippen LogP contribution in [0.25, 0.3) is 0 Å². The molecule has 0 unspecified atom stereocenters. The lowest BCUT2D eigenvalue weighted by molar-refractivity contribution is -0.337. The quantitative estimate of drug-likeness (QED) is 0.347. The van der Waals surface area contributed by atoms with Crippen LogP contribution in [-0.2, 0) is 19.0 Å². The number of rotatable bonds is 8. The number of ether oxygens (including phenoxy) is 3. The Morgan fingerprint density at radius 2 is 1.91 bits per heavy atom. The monoisotopic (exact) mass is 494 g/mol. The lowest BCUT2D eigenvalue weighted by atomic mass is 9.58. The van der Waals surface area contributed by atoms with Gasteiger partial charge in [0, 0.05) is 6.92 Å². The van der Waals surface area contributed by atoms with Crippen molar-refractivity contribution in [2.24, 2.45) is 23.7 Å². The van der Waals surface area contributed by atoms with Crippen molar-refractivity contribution in [3.63, 3.8) is 0 Å². The van der Waals surface area contributed by atoms with Crippen LogP contribution in [0, 0.1) is 23.7 Å². The molecule has 3 rings (SSSR count). The first-order valence-electron chi connectivity index (χ1n) is 13.2. The van der Waals surface area contributed by atoms with Crippen molar-refractivity contribution in [2.45, 2.75) is 116 Å². The molecule has 2 fully saturated rings. The average molecular weight is 495 g/mol. The minimum atomic E-state index is -1.45. The molecule has 0 radical (unpaired) electrons. The van der Waals surface area contributed by atoms with E-state index in [1.54, 1.807) is 0 Å². The third kappa shape index (κ3) is 6.75. The van der Waals surface area contributed by atoms with Gasteiger partial charge in [0.05, 0.1) is 5.60 Å². The van der Waals surface area contributed by atoms with Gasteiger partial charge in [0.2, 0.25) is 0 Å². The summed E-state index contributed by atoms with van der Waals surface area (Å²) in [7, 11) is 0. The first kappa shape index (κ1) is 28.3. The summed E-state index contributed by atoms with van der Waals surface area (Å²) < 4.78 is 17.4. The summed E-state index contributed by atoms with van der Waals surface area (Å²) in [4.78, 5) is 11.2. The van der Waals surface area contributed by atoms with Crippen LogP contribution in [0.2, 0.25) is 0 Å². The Kier molecular flexibility index (Phi) is 9.60. The van der Waals surface area contributed by atoms with Gasteiger partial charge in [-0.25, -0.2) is 0 Å². The topological polar surface area (TPSA) is 105 Å². The second kappa shape index (κ2) is 11.9. The maximum atomic E-state index is 11.2. The van der Waals surface area contributed by atoms with Crippen molar-refractivity contribution >= 4 is 5.97 Å². The van der Waals surface area contributed by atoms with Crippen LogP contribution in [0.3, 0.4) is 0 Å². The summed E-state index contributed by atoms with van der Waals surface area (Å²) in [5.41, 5.74) is 2.24. The molecule has 1 heterocycles. The molecule has 0 aromatic carbocycles. The molecule has 35 heavy (non-hydrogen) atoms. The molecule has 1 aliphatic heterocycles. The van der Waals surface area contributed by atoms with Crippen molar-refractivity contribution in [3.05, 3.63) is 23.3 Å². The Labute approximate surface area is 210 Å².